The second kappa shape index (κ2) is 8.16. The Labute approximate surface area is 168 Å². The Morgan fingerprint density at radius 3 is 2.83 bits per heavy atom. The van der Waals surface area contributed by atoms with E-state index in [1.54, 1.807) is 0 Å². The summed E-state index contributed by atoms with van der Waals surface area (Å²) in [5, 5.41) is 7.32. The maximum absolute atomic E-state index is 13.0. The summed E-state index contributed by atoms with van der Waals surface area (Å²) in [6, 6.07) is 9.55. The van der Waals surface area contributed by atoms with Gasteiger partial charge in [-0.05, 0) is 26.2 Å². The summed E-state index contributed by atoms with van der Waals surface area (Å²) < 4.78 is 8.70. The van der Waals surface area contributed by atoms with E-state index in [1.807, 2.05) is 48.9 Å². The molecule has 29 heavy (non-hydrogen) atoms. The first-order chi connectivity index (χ1) is 14.0. The molecular weight excluding hydrogens is 370 g/mol. The first-order valence-corrected chi connectivity index (χ1v) is 9.93. The molecule has 0 radical (unpaired) electrons. The highest BCUT2D eigenvalue weighted by Crippen LogP contribution is 2.16. The lowest BCUT2D eigenvalue weighted by Crippen LogP contribution is -2.32. The molecule has 2 aromatic heterocycles. The van der Waals surface area contributed by atoms with Gasteiger partial charge in [-0.2, -0.15) is 9.50 Å². The molecule has 1 amide bonds. The van der Waals surface area contributed by atoms with Crippen molar-refractivity contribution >= 4 is 11.7 Å². The predicted molar refractivity (Wildman–Crippen MR) is 109 cm³/mol. The van der Waals surface area contributed by atoms with E-state index >= 15 is 0 Å². The third kappa shape index (κ3) is 3.93. The van der Waals surface area contributed by atoms with Crippen molar-refractivity contribution in [2.75, 3.05) is 13.2 Å². The van der Waals surface area contributed by atoms with Crippen molar-refractivity contribution in [3.8, 4) is 11.4 Å². The summed E-state index contributed by atoms with van der Waals surface area (Å²) in [7, 11) is 1.86. The van der Waals surface area contributed by atoms with Crippen LogP contribution < -0.4 is 10.9 Å². The zero-order chi connectivity index (χ0) is 20.4. The molecule has 3 aromatic rings. The van der Waals surface area contributed by atoms with Gasteiger partial charge in [0.1, 0.15) is 0 Å². The Hall–Kier alpha value is -3.00. The number of carbonyl (C=O) groups excluding carboxylic acids is 1. The van der Waals surface area contributed by atoms with E-state index in [9.17, 15) is 9.59 Å². The Morgan fingerprint density at radius 1 is 1.31 bits per heavy atom. The van der Waals surface area contributed by atoms with E-state index in [2.05, 4.69) is 15.4 Å². The van der Waals surface area contributed by atoms with Gasteiger partial charge in [0.15, 0.2) is 5.82 Å². The number of aryl methyl sites for hydroxylation is 1. The lowest BCUT2D eigenvalue weighted by atomic mass is 10.1. The number of amides is 1. The van der Waals surface area contributed by atoms with Crippen molar-refractivity contribution < 1.29 is 9.53 Å². The molecule has 0 bridgehead atoms. The molecule has 1 aliphatic rings. The normalized spacial score (nSPS) is 16.4. The number of rotatable bonds is 6. The fourth-order valence-electron chi connectivity index (χ4n) is 3.65. The van der Waals surface area contributed by atoms with Crippen LogP contribution >= 0.6 is 0 Å². The number of aromatic nitrogens is 4. The summed E-state index contributed by atoms with van der Waals surface area (Å²) in [4.78, 5) is 29.8. The van der Waals surface area contributed by atoms with Crippen LogP contribution in [0.3, 0.4) is 0 Å². The zero-order valence-corrected chi connectivity index (χ0v) is 16.7. The van der Waals surface area contributed by atoms with Crippen LogP contribution in [0, 0.1) is 6.92 Å². The number of nitrogens with zero attached hydrogens (tertiary/aromatic N) is 4. The van der Waals surface area contributed by atoms with Crippen LogP contribution in [-0.4, -0.2) is 44.3 Å². The predicted octanol–water partition coefficient (Wildman–Crippen LogP) is 1.63. The number of hydrogen-bond acceptors (Lipinski definition) is 5. The molecule has 8 heteroatoms. The number of fused-ring (bicyclic) bond motifs is 1. The summed E-state index contributed by atoms with van der Waals surface area (Å²) >= 11 is 0. The van der Waals surface area contributed by atoms with Crippen LogP contribution in [0.2, 0.25) is 0 Å². The highest BCUT2D eigenvalue weighted by Gasteiger charge is 2.19. The molecule has 0 unspecified atom stereocenters. The number of carbonyl (C=O) groups is 1. The Morgan fingerprint density at radius 2 is 2.10 bits per heavy atom. The Kier molecular flexibility index (Phi) is 5.44. The van der Waals surface area contributed by atoms with Gasteiger partial charge in [0, 0.05) is 43.4 Å². The molecule has 4 rings (SSSR count). The van der Waals surface area contributed by atoms with Gasteiger partial charge in [-0.25, -0.2) is 0 Å². The molecule has 1 atom stereocenters. The quantitative estimate of drug-likeness (QED) is 0.685. The first-order valence-electron chi connectivity index (χ1n) is 9.93. The molecule has 1 saturated heterocycles. The van der Waals surface area contributed by atoms with E-state index < -0.39 is 0 Å². The van der Waals surface area contributed by atoms with Crippen molar-refractivity contribution in [2.45, 2.75) is 38.7 Å². The topological polar surface area (TPSA) is 90.5 Å². The minimum absolute atomic E-state index is 0.0781. The van der Waals surface area contributed by atoms with Gasteiger partial charge in [-0.1, -0.05) is 30.3 Å². The van der Waals surface area contributed by atoms with Gasteiger partial charge >= 0.3 is 0 Å². The number of ether oxygens (including phenoxy) is 1. The minimum atomic E-state index is -0.225. The van der Waals surface area contributed by atoms with Gasteiger partial charge in [0.25, 0.3) is 5.56 Å². The summed E-state index contributed by atoms with van der Waals surface area (Å²) in [5.41, 5.74) is 2.00. The SMILES string of the molecule is Cc1c(CCC(=O)NC[C@H]2CCCO2)c(=O)n2nc(-c3ccccc3)nc2n1C. The average molecular weight is 395 g/mol. The zero-order valence-electron chi connectivity index (χ0n) is 16.7. The van der Waals surface area contributed by atoms with Crippen molar-refractivity contribution in [2.24, 2.45) is 7.05 Å². The second-order valence-electron chi connectivity index (χ2n) is 7.38. The van der Waals surface area contributed by atoms with Crippen molar-refractivity contribution in [1.82, 2.24) is 24.5 Å². The number of benzene rings is 1. The van der Waals surface area contributed by atoms with Crippen LogP contribution in [0.4, 0.5) is 0 Å². The van der Waals surface area contributed by atoms with E-state index in [1.165, 1.54) is 4.52 Å². The molecule has 8 nitrogen and oxygen atoms in total. The molecule has 152 valence electrons. The van der Waals surface area contributed by atoms with E-state index in [-0.39, 0.29) is 24.0 Å². The summed E-state index contributed by atoms with van der Waals surface area (Å²) in [5.74, 6) is 0.910. The Bertz CT molecular complexity index is 1080. The van der Waals surface area contributed by atoms with E-state index in [4.69, 9.17) is 4.74 Å². The van der Waals surface area contributed by atoms with E-state index in [0.29, 0.717) is 30.1 Å². The number of hydrogen-bond donors (Lipinski definition) is 1. The fraction of sp³-hybridized carbons (Fsp3) is 0.429. The Balaban J connectivity index is 1.54. The maximum atomic E-state index is 13.0. The molecule has 1 N–H and O–H groups in total. The fourth-order valence-corrected chi connectivity index (χ4v) is 3.65. The average Bonchev–Trinajstić information content (AvgIpc) is 3.41. The minimum Gasteiger partial charge on any atom is -0.376 e. The molecule has 1 fully saturated rings. The van der Waals surface area contributed by atoms with Crippen LogP contribution in [0.1, 0.15) is 30.5 Å². The van der Waals surface area contributed by atoms with Gasteiger partial charge in [0.2, 0.25) is 11.7 Å². The third-order valence-electron chi connectivity index (χ3n) is 5.47. The van der Waals surface area contributed by atoms with E-state index in [0.717, 1.165) is 30.7 Å². The number of nitrogens with one attached hydrogen (secondary N) is 1. The highest BCUT2D eigenvalue weighted by atomic mass is 16.5. The highest BCUT2D eigenvalue weighted by molar-refractivity contribution is 5.76. The van der Waals surface area contributed by atoms with Crippen LogP contribution in [0.25, 0.3) is 17.2 Å². The monoisotopic (exact) mass is 395 g/mol. The smallest absolute Gasteiger partial charge is 0.279 e. The van der Waals surface area contributed by atoms with Crippen molar-refractivity contribution in [3.63, 3.8) is 0 Å². The largest absolute Gasteiger partial charge is 0.376 e. The van der Waals surface area contributed by atoms with Crippen LogP contribution in [-0.2, 0) is 23.0 Å². The molecule has 1 aromatic carbocycles. The second-order valence-corrected chi connectivity index (χ2v) is 7.38. The molecule has 1 aliphatic heterocycles. The molecule has 0 saturated carbocycles. The van der Waals surface area contributed by atoms with Crippen molar-refractivity contribution in [3.05, 3.63) is 51.9 Å². The van der Waals surface area contributed by atoms with Crippen molar-refractivity contribution in [1.29, 1.82) is 0 Å². The van der Waals surface area contributed by atoms with Gasteiger partial charge < -0.3 is 14.6 Å². The standard InChI is InChI=1S/C21H25N5O3/c1-14-17(10-11-18(27)22-13-16-9-6-12-29-16)20(28)26-21(25(14)2)23-19(24-26)15-7-4-3-5-8-15/h3-5,7-8,16H,6,9-13H2,1-2H3,(H,22,27)/t16-/m1/s1. The summed E-state index contributed by atoms with van der Waals surface area (Å²) in [6.45, 7) is 3.16. The molecule has 3 heterocycles. The molecule has 0 aliphatic carbocycles. The lowest BCUT2D eigenvalue weighted by Gasteiger charge is -2.12. The lowest BCUT2D eigenvalue weighted by molar-refractivity contribution is -0.121. The van der Waals surface area contributed by atoms with Gasteiger partial charge in [0.05, 0.1) is 6.10 Å². The summed E-state index contributed by atoms with van der Waals surface area (Å²) in [6.07, 6.45) is 2.73. The van der Waals surface area contributed by atoms with Crippen LogP contribution in [0.15, 0.2) is 35.1 Å². The third-order valence-corrected chi connectivity index (χ3v) is 5.47. The van der Waals surface area contributed by atoms with Gasteiger partial charge in [-0.3, -0.25) is 9.59 Å². The first kappa shape index (κ1) is 19.3. The maximum Gasteiger partial charge on any atom is 0.279 e. The van der Waals surface area contributed by atoms with Crippen LogP contribution in [0.5, 0.6) is 0 Å². The molecular formula is C21H25N5O3. The molecule has 0 spiro atoms. The van der Waals surface area contributed by atoms with Gasteiger partial charge in [-0.15, -0.1) is 5.10 Å².